The van der Waals surface area contributed by atoms with Crippen LogP contribution in [0.2, 0.25) is 18.1 Å². The molecular formula is C21H36O5Si. The van der Waals surface area contributed by atoms with Gasteiger partial charge in [0.25, 0.3) is 0 Å². The maximum atomic E-state index is 11.9. The molecule has 0 saturated heterocycles. The van der Waals surface area contributed by atoms with Crippen LogP contribution in [-0.4, -0.2) is 40.1 Å². The molecule has 0 bridgehead atoms. The lowest BCUT2D eigenvalue weighted by Crippen LogP contribution is -2.45. The molecule has 1 atom stereocenters. The van der Waals surface area contributed by atoms with E-state index in [9.17, 15) is 9.59 Å². The summed E-state index contributed by atoms with van der Waals surface area (Å²) in [6.45, 7) is 20.1. The summed E-state index contributed by atoms with van der Waals surface area (Å²) in [5.41, 5.74) is 1.10. The Hall–Kier alpha value is -1.66. The number of esters is 2. The molecule has 0 N–H and O–H groups in total. The van der Waals surface area contributed by atoms with Gasteiger partial charge in [0.1, 0.15) is 6.61 Å². The summed E-state index contributed by atoms with van der Waals surface area (Å²) in [6.07, 6.45) is 5.78. The van der Waals surface area contributed by atoms with Gasteiger partial charge < -0.3 is 13.9 Å². The number of allylic oxidation sites excluding steroid dienone is 1. The third kappa shape index (κ3) is 9.72. The first-order valence-corrected chi connectivity index (χ1v) is 12.1. The van der Waals surface area contributed by atoms with E-state index in [1.165, 1.54) is 14.0 Å². The maximum Gasteiger partial charge on any atom is 0.335 e. The Bertz CT molecular complexity index is 570. The number of rotatable bonds is 11. The third-order valence-electron chi connectivity index (χ3n) is 4.73. The van der Waals surface area contributed by atoms with Crippen molar-refractivity contribution in [2.24, 2.45) is 0 Å². The monoisotopic (exact) mass is 396 g/mol. The van der Waals surface area contributed by atoms with E-state index in [2.05, 4.69) is 47.0 Å². The van der Waals surface area contributed by atoms with Gasteiger partial charge in [0, 0.05) is 6.92 Å². The maximum absolute atomic E-state index is 11.9. The van der Waals surface area contributed by atoms with Crippen LogP contribution < -0.4 is 0 Å². The standard InChI is InChI=1S/C21H36O5Si/c1-16(15-25-18(3)22)13-11-10-12-14-19(17(2)20(23)24-7)26-27(8,9)21(4,5)6/h11,13,19H,1-2,10,12,14-15H2,3-9H3/b13-11-. The molecular weight excluding hydrogens is 360 g/mol. The Kier molecular flexibility index (Phi) is 10.5. The zero-order valence-corrected chi connectivity index (χ0v) is 19.0. The van der Waals surface area contributed by atoms with Crippen LogP contribution in [0.15, 0.2) is 36.5 Å². The lowest BCUT2D eigenvalue weighted by atomic mass is 10.1. The molecule has 0 aromatic heterocycles. The molecule has 0 aliphatic carbocycles. The number of unbranched alkanes of at least 4 members (excludes halogenated alkanes) is 1. The Balaban J connectivity index is 4.79. The number of ether oxygens (including phenoxy) is 2. The molecule has 0 aromatic rings. The van der Waals surface area contributed by atoms with Gasteiger partial charge in [0.05, 0.1) is 18.8 Å². The average molecular weight is 397 g/mol. The largest absolute Gasteiger partial charge is 0.466 e. The van der Waals surface area contributed by atoms with Crippen molar-refractivity contribution in [2.75, 3.05) is 13.7 Å². The minimum absolute atomic E-state index is 0.0377. The second-order valence-corrected chi connectivity index (χ2v) is 12.9. The fourth-order valence-corrected chi connectivity index (χ4v) is 3.34. The van der Waals surface area contributed by atoms with Gasteiger partial charge in [0.2, 0.25) is 0 Å². The van der Waals surface area contributed by atoms with Crippen molar-refractivity contribution in [2.45, 2.75) is 71.2 Å². The van der Waals surface area contributed by atoms with Gasteiger partial charge >= 0.3 is 11.9 Å². The van der Waals surface area contributed by atoms with Crippen LogP contribution in [0.5, 0.6) is 0 Å². The molecule has 5 nitrogen and oxygen atoms in total. The van der Waals surface area contributed by atoms with E-state index < -0.39 is 14.3 Å². The quantitative estimate of drug-likeness (QED) is 0.162. The molecule has 1 unspecified atom stereocenters. The molecule has 6 heteroatoms. The number of hydrogen-bond acceptors (Lipinski definition) is 5. The van der Waals surface area contributed by atoms with Crippen LogP contribution in [0.1, 0.15) is 47.0 Å². The van der Waals surface area contributed by atoms with Gasteiger partial charge in [-0.1, -0.05) is 46.1 Å². The van der Waals surface area contributed by atoms with E-state index in [0.717, 1.165) is 18.4 Å². The van der Waals surface area contributed by atoms with E-state index in [1.807, 2.05) is 12.2 Å². The summed E-state index contributed by atoms with van der Waals surface area (Å²) < 4.78 is 16.1. The molecule has 0 aromatic carbocycles. The van der Waals surface area contributed by atoms with Crippen LogP contribution in [-0.2, 0) is 23.5 Å². The Morgan fingerprint density at radius 1 is 1.19 bits per heavy atom. The zero-order valence-electron chi connectivity index (χ0n) is 18.0. The molecule has 0 amide bonds. The smallest absolute Gasteiger partial charge is 0.335 e. The van der Waals surface area contributed by atoms with Crippen molar-refractivity contribution in [3.8, 4) is 0 Å². The van der Waals surface area contributed by atoms with E-state index in [4.69, 9.17) is 13.9 Å². The Labute approximate surface area is 165 Å². The molecule has 0 radical (unpaired) electrons. The molecule has 0 aliphatic rings. The van der Waals surface area contributed by atoms with Crippen molar-refractivity contribution in [3.05, 3.63) is 36.5 Å². The van der Waals surface area contributed by atoms with Crippen LogP contribution in [0.3, 0.4) is 0 Å². The minimum atomic E-state index is -2.05. The first kappa shape index (κ1) is 25.3. The molecule has 0 saturated carbocycles. The van der Waals surface area contributed by atoms with Gasteiger partial charge in [-0.15, -0.1) is 0 Å². The highest BCUT2D eigenvalue weighted by Gasteiger charge is 2.40. The predicted molar refractivity (Wildman–Crippen MR) is 112 cm³/mol. The second kappa shape index (κ2) is 11.2. The fourth-order valence-electron chi connectivity index (χ4n) is 2.01. The van der Waals surface area contributed by atoms with E-state index in [-0.39, 0.29) is 23.7 Å². The van der Waals surface area contributed by atoms with Crippen molar-refractivity contribution < 1.29 is 23.5 Å². The van der Waals surface area contributed by atoms with Crippen molar-refractivity contribution in [1.82, 2.24) is 0 Å². The topological polar surface area (TPSA) is 61.8 Å². The lowest BCUT2D eigenvalue weighted by Gasteiger charge is -2.39. The van der Waals surface area contributed by atoms with Gasteiger partial charge in [-0.05, 0) is 43.0 Å². The van der Waals surface area contributed by atoms with Crippen LogP contribution >= 0.6 is 0 Å². The Morgan fingerprint density at radius 2 is 1.78 bits per heavy atom. The number of methoxy groups -OCH3 is 1. The van der Waals surface area contributed by atoms with Gasteiger partial charge in [-0.2, -0.15) is 0 Å². The summed E-state index contributed by atoms with van der Waals surface area (Å²) in [4.78, 5) is 22.7. The molecule has 0 heterocycles. The van der Waals surface area contributed by atoms with E-state index in [1.54, 1.807) is 0 Å². The molecule has 27 heavy (non-hydrogen) atoms. The predicted octanol–water partition coefficient (Wildman–Crippen LogP) is 4.95. The summed E-state index contributed by atoms with van der Waals surface area (Å²) in [6, 6.07) is 0. The second-order valence-electron chi connectivity index (χ2n) is 8.16. The first-order valence-electron chi connectivity index (χ1n) is 9.24. The lowest BCUT2D eigenvalue weighted by molar-refractivity contribution is -0.140. The highest BCUT2D eigenvalue weighted by Crippen LogP contribution is 2.38. The molecule has 154 valence electrons. The zero-order chi connectivity index (χ0) is 21.3. The summed E-state index contributed by atoms with van der Waals surface area (Å²) >= 11 is 0. The van der Waals surface area contributed by atoms with Crippen LogP contribution in [0.25, 0.3) is 0 Å². The van der Waals surface area contributed by atoms with Gasteiger partial charge in [-0.25, -0.2) is 4.79 Å². The van der Waals surface area contributed by atoms with Crippen LogP contribution in [0.4, 0.5) is 0 Å². The van der Waals surface area contributed by atoms with Crippen LogP contribution in [0, 0.1) is 0 Å². The summed E-state index contributed by atoms with van der Waals surface area (Å²) in [5, 5.41) is 0.0377. The third-order valence-corrected chi connectivity index (χ3v) is 9.22. The summed E-state index contributed by atoms with van der Waals surface area (Å²) in [5.74, 6) is -0.750. The molecule has 0 rings (SSSR count). The normalized spacial score (nSPS) is 13.3. The fraction of sp³-hybridized carbons (Fsp3) is 0.619. The van der Waals surface area contributed by atoms with Crippen molar-refractivity contribution in [3.63, 3.8) is 0 Å². The van der Waals surface area contributed by atoms with Crippen molar-refractivity contribution >= 4 is 20.3 Å². The first-order chi connectivity index (χ1) is 12.3. The summed E-state index contributed by atoms with van der Waals surface area (Å²) in [7, 11) is -0.691. The van der Waals surface area contributed by atoms with Crippen molar-refractivity contribution in [1.29, 1.82) is 0 Å². The van der Waals surface area contributed by atoms with Gasteiger partial charge in [-0.3, -0.25) is 4.79 Å². The average Bonchev–Trinajstić information content (AvgIpc) is 2.55. The highest BCUT2D eigenvalue weighted by molar-refractivity contribution is 6.74. The van der Waals surface area contributed by atoms with Gasteiger partial charge in [0.15, 0.2) is 8.32 Å². The molecule has 0 spiro atoms. The minimum Gasteiger partial charge on any atom is -0.466 e. The number of carbonyl (C=O) groups is 2. The highest BCUT2D eigenvalue weighted by atomic mass is 28.4. The SMILES string of the molecule is C=C(/C=C\CCCC(O[Si](C)(C)C(C)(C)C)C(=C)C(=O)OC)COC(C)=O. The van der Waals surface area contributed by atoms with E-state index in [0.29, 0.717) is 12.0 Å². The molecule has 0 fully saturated rings. The number of carbonyl (C=O) groups excluding carboxylic acids is 2. The number of hydrogen-bond donors (Lipinski definition) is 0. The molecule has 0 aliphatic heterocycles. The Morgan fingerprint density at radius 3 is 2.26 bits per heavy atom. The van der Waals surface area contributed by atoms with E-state index >= 15 is 0 Å².